The van der Waals surface area contributed by atoms with Gasteiger partial charge in [-0.05, 0) is 36.8 Å². The molecule has 0 saturated carbocycles. The normalized spacial score (nSPS) is 18.9. The Morgan fingerprint density at radius 2 is 1.85 bits per heavy atom. The SMILES string of the molecule is Cc1ccc(CN2C(=O)NC3(CCN(C(=O)c4ccsc4)CC3)C2=O)cc1. The van der Waals surface area contributed by atoms with Crippen LogP contribution in [0.3, 0.4) is 0 Å². The zero-order valence-corrected chi connectivity index (χ0v) is 15.9. The van der Waals surface area contributed by atoms with Gasteiger partial charge in [0.2, 0.25) is 0 Å². The number of rotatable bonds is 3. The molecule has 2 aliphatic heterocycles. The highest BCUT2D eigenvalue weighted by Gasteiger charge is 2.52. The van der Waals surface area contributed by atoms with Gasteiger partial charge in [0.1, 0.15) is 5.54 Å². The number of likely N-dealkylation sites (tertiary alicyclic amines) is 1. The van der Waals surface area contributed by atoms with E-state index in [1.165, 1.54) is 16.2 Å². The van der Waals surface area contributed by atoms with Crippen LogP contribution in [0.25, 0.3) is 0 Å². The van der Waals surface area contributed by atoms with E-state index in [4.69, 9.17) is 0 Å². The number of hydrogen-bond donors (Lipinski definition) is 1. The van der Waals surface area contributed by atoms with Gasteiger partial charge in [-0.15, -0.1) is 0 Å². The zero-order chi connectivity index (χ0) is 19.0. The number of piperidine rings is 1. The van der Waals surface area contributed by atoms with E-state index >= 15 is 0 Å². The van der Waals surface area contributed by atoms with Crippen molar-refractivity contribution in [3.05, 3.63) is 57.8 Å². The van der Waals surface area contributed by atoms with E-state index in [1.54, 1.807) is 4.90 Å². The summed E-state index contributed by atoms with van der Waals surface area (Å²) < 4.78 is 0. The third-order valence-corrected chi connectivity index (χ3v) is 6.06. The molecule has 0 aliphatic carbocycles. The first-order valence-electron chi connectivity index (χ1n) is 9.00. The van der Waals surface area contributed by atoms with Crippen molar-refractivity contribution in [1.82, 2.24) is 15.1 Å². The summed E-state index contributed by atoms with van der Waals surface area (Å²) in [5, 5.41) is 6.61. The molecule has 0 atom stereocenters. The van der Waals surface area contributed by atoms with Crippen molar-refractivity contribution in [1.29, 1.82) is 0 Å². The van der Waals surface area contributed by atoms with Gasteiger partial charge in [0.15, 0.2) is 0 Å². The first kappa shape index (κ1) is 17.7. The highest BCUT2D eigenvalue weighted by atomic mass is 32.1. The van der Waals surface area contributed by atoms with Crippen LogP contribution in [-0.4, -0.2) is 46.3 Å². The van der Waals surface area contributed by atoms with Crippen LogP contribution in [0.5, 0.6) is 0 Å². The number of imide groups is 1. The van der Waals surface area contributed by atoms with Crippen LogP contribution in [0.2, 0.25) is 0 Å². The first-order chi connectivity index (χ1) is 13.0. The Morgan fingerprint density at radius 1 is 1.15 bits per heavy atom. The monoisotopic (exact) mass is 383 g/mol. The molecule has 2 fully saturated rings. The van der Waals surface area contributed by atoms with Gasteiger partial charge in [0, 0.05) is 18.5 Å². The lowest BCUT2D eigenvalue weighted by Gasteiger charge is -2.37. The summed E-state index contributed by atoms with van der Waals surface area (Å²) in [5.41, 5.74) is 1.85. The van der Waals surface area contributed by atoms with E-state index in [9.17, 15) is 14.4 Å². The smallest absolute Gasteiger partial charge is 0.325 e. The van der Waals surface area contributed by atoms with Gasteiger partial charge in [0.05, 0.1) is 12.1 Å². The molecule has 1 N–H and O–H groups in total. The highest BCUT2D eigenvalue weighted by Crippen LogP contribution is 2.31. The molecule has 1 aromatic heterocycles. The van der Waals surface area contributed by atoms with Crippen LogP contribution in [0.15, 0.2) is 41.1 Å². The minimum Gasteiger partial charge on any atom is -0.338 e. The average molecular weight is 383 g/mol. The largest absolute Gasteiger partial charge is 0.338 e. The summed E-state index contributed by atoms with van der Waals surface area (Å²) in [5.74, 6) is -0.199. The molecule has 0 unspecified atom stereocenters. The topological polar surface area (TPSA) is 69.7 Å². The van der Waals surface area contributed by atoms with Crippen molar-refractivity contribution in [2.45, 2.75) is 31.8 Å². The van der Waals surface area contributed by atoms with Gasteiger partial charge in [-0.2, -0.15) is 11.3 Å². The zero-order valence-electron chi connectivity index (χ0n) is 15.1. The summed E-state index contributed by atoms with van der Waals surface area (Å²) >= 11 is 1.49. The number of carbonyl (C=O) groups excluding carboxylic acids is 3. The first-order valence-corrected chi connectivity index (χ1v) is 9.94. The van der Waals surface area contributed by atoms with Crippen LogP contribution >= 0.6 is 11.3 Å². The molecule has 2 aliphatic rings. The lowest BCUT2D eigenvalue weighted by atomic mass is 9.87. The van der Waals surface area contributed by atoms with E-state index in [2.05, 4.69) is 5.32 Å². The summed E-state index contributed by atoms with van der Waals surface area (Å²) in [6.07, 6.45) is 0.885. The van der Waals surface area contributed by atoms with E-state index in [1.807, 2.05) is 48.0 Å². The third-order valence-electron chi connectivity index (χ3n) is 5.38. The lowest BCUT2D eigenvalue weighted by Crippen LogP contribution is -2.55. The van der Waals surface area contributed by atoms with E-state index in [0.717, 1.165) is 11.1 Å². The predicted molar refractivity (Wildman–Crippen MR) is 102 cm³/mol. The molecule has 6 nitrogen and oxygen atoms in total. The summed E-state index contributed by atoms with van der Waals surface area (Å²) in [7, 11) is 0. The van der Waals surface area contributed by atoms with Crippen molar-refractivity contribution in [2.24, 2.45) is 0 Å². The molecule has 4 rings (SSSR count). The van der Waals surface area contributed by atoms with Crippen molar-refractivity contribution in [2.75, 3.05) is 13.1 Å². The van der Waals surface area contributed by atoms with Gasteiger partial charge in [0.25, 0.3) is 11.8 Å². The average Bonchev–Trinajstić information content (AvgIpc) is 3.28. The Labute approximate surface area is 161 Å². The van der Waals surface area contributed by atoms with Crippen LogP contribution < -0.4 is 5.32 Å². The number of urea groups is 1. The maximum atomic E-state index is 13.0. The minimum atomic E-state index is -0.882. The van der Waals surface area contributed by atoms with E-state index in [-0.39, 0.29) is 24.4 Å². The van der Waals surface area contributed by atoms with E-state index in [0.29, 0.717) is 31.5 Å². The number of hydrogen-bond acceptors (Lipinski definition) is 4. The third kappa shape index (κ3) is 3.23. The number of benzene rings is 1. The van der Waals surface area contributed by atoms with Crippen molar-refractivity contribution in [3.63, 3.8) is 0 Å². The number of nitrogens with zero attached hydrogens (tertiary/aromatic N) is 2. The fraction of sp³-hybridized carbons (Fsp3) is 0.350. The Morgan fingerprint density at radius 3 is 2.48 bits per heavy atom. The summed E-state index contributed by atoms with van der Waals surface area (Å²) in [4.78, 5) is 41.0. The Hall–Kier alpha value is -2.67. The molecule has 140 valence electrons. The molecule has 0 bridgehead atoms. The fourth-order valence-electron chi connectivity index (χ4n) is 3.70. The molecule has 7 heteroatoms. The predicted octanol–water partition coefficient (Wildman–Crippen LogP) is 2.78. The molecule has 2 saturated heterocycles. The molecule has 1 aromatic carbocycles. The molecular weight excluding hydrogens is 362 g/mol. The second kappa shape index (κ2) is 6.81. The van der Waals surface area contributed by atoms with E-state index < -0.39 is 5.54 Å². The van der Waals surface area contributed by atoms with Crippen LogP contribution in [0.1, 0.15) is 34.3 Å². The minimum absolute atomic E-state index is 0.0145. The van der Waals surface area contributed by atoms with Crippen LogP contribution in [0.4, 0.5) is 4.79 Å². The molecule has 4 amide bonds. The van der Waals surface area contributed by atoms with Crippen molar-refractivity contribution < 1.29 is 14.4 Å². The summed E-state index contributed by atoms with van der Waals surface area (Å²) in [6, 6.07) is 9.27. The molecule has 3 heterocycles. The molecule has 0 radical (unpaired) electrons. The highest BCUT2D eigenvalue weighted by molar-refractivity contribution is 7.08. The van der Waals surface area contributed by atoms with Crippen molar-refractivity contribution in [3.8, 4) is 0 Å². The quantitative estimate of drug-likeness (QED) is 0.829. The standard InChI is InChI=1S/C20H21N3O3S/c1-14-2-4-15(5-3-14)12-23-18(25)20(21-19(23)26)7-9-22(10-8-20)17(24)16-6-11-27-13-16/h2-6,11,13H,7-10,12H2,1H3,(H,21,26). The maximum absolute atomic E-state index is 13.0. The number of carbonyl (C=O) groups is 3. The van der Waals surface area contributed by atoms with Gasteiger partial charge in [-0.3, -0.25) is 14.5 Å². The second-order valence-corrected chi connectivity index (χ2v) is 7.97. The maximum Gasteiger partial charge on any atom is 0.325 e. The van der Waals surface area contributed by atoms with Crippen molar-refractivity contribution >= 4 is 29.2 Å². The number of aryl methyl sites for hydroxylation is 1. The van der Waals surface area contributed by atoms with Gasteiger partial charge in [-0.1, -0.05) is 29.8 Å². The lowest BCUT2D eigenvalue weighted by molar-refractivity contribution is -0.133. The molecule has 1 spiro atoms. The Balaban J connectivity index is 1.44. The van der Waals surface area contributed by atoms with Crippen LogP contribution in [-0.2, 0) is 11.3 Å². The number of thiophene rings is 1. The Bertz CT molecular complexity index is 868. The van der Waals surface area contributed by atoms with Gasteiger partial charge in [-0.25, -0.2) is 4.79 Å². The molecular formula is C20H21N3O3S. The second-order valence-electron chi connectivity index (χ2n) is 7.19. The summed E-state index contributed by atoms with van der Waals surface area (Å²) in [6.45, 7) is 3.18. The number of amides is 4. The Kier molecular flexibility index (Phi) is 4.47. The van der Waals surface area contributed by atoms with Gasteiger partial charge >= 0.3 is 6.03 Å². The molecule has 2 aromatic rings. The van der Waals surface area contributed by atoms with Crippen LogP contribution in [0, 0.1) is 6.92 Å². The van der Waals surface area contributed by atoms with Gasteiger partial charge < -0.3 is 10.2 Å². The molecule has 27 heavy (non-hydrogen) atoms. The fourth-order valence-corrected chi connectivity index (χ4v) is 4.32. The number of nitrogens with one attached hydrogen (secondary N) is 1.